The van der Waals surface area contributed by atoms with Crippen molar-refractivity contribution in [3.63, 3.8) is 0 Å². The molecule has 0 fully saturated rings. The molecular weight excluding hydrogens is 326 g/mol. The summed E-state index contributed by atoms with van der Waals surface area (Å²) in [7, 11) is 2.10. The number of thioether (sulfide) groups is 1. The Bertz CT molecular complexity index is 682. The van der Waals surface area contributed by atoms with Gasteiger partial charge in [-0.2, -0.15) is 8.80 Å². The van der Waals surface area contributed by atoms with E-state index in [-0.39, 0.29) is 0 Å². The molecule has 0 amide bonds. The van der Waals surface area contributed by atoms with Crippen LogP contribution in [-0.4, -0.2) is 40.0 Å². The molecule has 0 spiro atoms. The number of hydrogen-bond donors (Lipinski definition) is 0. The fraction of sp³-hybridized carbons (Fsp3) is 0.412. The van der Waals surface area contributed by atoms with Crippen molar-refractivity contribution in [1.29, 1.82) is 0 Å². The molecule has 0 aromatic heterocycles. The van der Waals surface area contributed by atoms with E-state index in [1.807, 2.05) is 6.07 Å². The second-order valence-electron chi connectivity index (χ2n) is 5.75. The number of benzene rings is 1. The van der Waals surface area contributed by atoms with E-state index in [0.29, 0.717) is 5.25 Å². The second-order valence-corrected chi connectivity index (χ2v) is 7.77. The van der Waals surface area contributed by atoms with Crippen LogP contribution in [0.25, 0.3) is 0 Å². The van der Waals surface area contributed by atoms with E-state index in [1.54, 1.807) is 11.8 Å². The van der Waals surface area contributed by atoms with E-state index in [0.717, 1.165) is 42.3 Å². The highest BCUT2D eigenvalue weighted by Crippen LogP contribution is 2.35. The summed E-state index contributed by atoms with van der Waals surface area (Å²) >= 11 is 0.204. The van der Waals surface area contributed by atoms with Crippen molar-refractivity contribution in [2.75, 3.05) is 20.1 Å². The molecule has 0 N–H and O–H groups in total. The highest BCUT2D eigenvalue weighted by Gasteiger charge is 2.27. The van der Waals surface area contributed by atoms with Gasteiger partial charge in [-0.15, -0.1) is 0 Å². The summed E-state index contributed by atoms with van der Waals surface area (Å²) in [6.07, 6.45) is 4.21. The molecule has 23 heavy (non-hydrogen) atoms. The molecule has 0 radical (unpaired) electrons. The van der Waals surface area contributed by atoms with Gasteiger partial charge in [0.15, 0.2) is 0 Å². The second kappa shape index (κ2) is 7.55. The third kappa shape index (κ3) is 4.00. The molecule has 1 aromatic carbocycles. The zero-order chi connectivity index (χ0) is 16.2. The molecule has 2 aliphatic rings. The molecule has 0 aliphatic carbocycles. The summed E-state index contributed by atoms with van der Waals surface area (Å²) in [4.78, 5) is 2.26. The molecule has 2 unspecified atom stereocenters. The minimum absolute atomic E-state index is 0.303. The van der Waals surface area contributed by atoms with E-state index in [9.17, 15) is 4.21 Å². The number of nitrogens with zero attached hydrogens (tertiary/aromatic N) is 3. The summed E-state index contributed by atoms with van der Waals surface area (Å²) < 4.78 is 20.4. The molecule has 0 bridgehead atoms. The summed E-state index contributed by atoms with van der Waals surface area (Å²) in [5.74, 6) is 0. The van der Waals surface area contributed by atoms with Crippen LogP contribution in [0.5, 0.6) is 0 Å². The molecule has 0 saturated heterocycles. The molecule has 3 rings (SSSR count). The molecule has 4 nitrogen and oxygen atoms in total. The summed E-state index contributed by atoms with van der Waals surface area (Å²) in [5.41, 5.74) is 3.25. The Balaban J connectivity index is 1.81. The van der Waals surface area contributed by atoms with Crippen molar-refractivity contribution in [3.05, 3.63) is 47.5 Å². The van der Waals surface area contributed by atoms with Gasteiger partial charge < -0.3 is 4.90 Å². The lowest BCUT2D eigenvalue weighted by molar-refractivity contribution is 0.361. The average molecular weight is 348 g/mol. The molecule has 0 saturated carbocycles. The first-order chi connectivity index (χ1) is 11.2. The number of hydrogen-bond acceptors (Lipinski definition) is 3. The monoisotopic (exact) mass is 347 g/mol. The van der Waals surface area contributed by atoms with Crippen LogP contribution in [0.15, 0.2) is 50.8 Å². The third-order valence-corrected chi connectivity index (χ3v) is 6.17. The Labute approximate surface area is 144 Å². The van der Waals surface area contributed by atoms with Crippen LogP contribution in [0.1, 0.15) is 30.6 Å². The van der Waals surface area contributed by atoms with Crippen molar-refractivity contribution in [2.45, 2.75) is 25.0 Å². The third-order valence-electron chi connectivity index (χ3n) is 3.97. The van der Waals surface area contributed by atoms with Crippen molar-refractivity contribution in [3.8, 4) is 0 Å². The van der Waals surface area contributed by atoms with Gasteiger partial charge in [0.1, 0.15) is 10.8 Å². The van der Waals surface area contributed by atoms with E-state index < -0.39 is 11.2 Å². The van der Waals surface area contributed by atoms with Crippen molar-refractivity contribution >= 4 is 33.7 Å². The fourth-order valence-corrected chi connectivity index (χ4v) is 4.85. The van der Waals surface area contributed by atoms with Crippen LogP contribution in [-0.2, 0) is 11.2 Å². The fourth-order valence-electron chi connectivity index (χ4n) is 2.78. The largest absolute Gasteiger partial charge is 0.302 e. The zero-order valence-electron chi connectivity index (χ0n) is 13.4. The lowest BCUT2D eigenvalue weighted by atomic mass is 10.1. The standard InChI is InChI=1S/C17H21N3OS2/c1-3-15(13-8-5-4-6-9-13)22-17-16(18-23(21)19-17)14-10-7-11-20(2)12-14/h4-6,8-10,15H,3,7,11-12H2,1-2H3. The maximum atomic E-state index is 11.9. The normalized spacial score (nSPS) is 23.2. The van der Waals surface area contributed by atoms with Gasteiger partial charge in [0.2, 0.25) is 0 Å². The van der Waals surface area contributed by atoms with Gasteiger partial charge in [-0.3, -0.25) is 0 Å². The molecule has 2 atom stereocenters. The van der Waals surface area contributed by atoms with Gasteiger partial charge in [-0.1, -0.05) is 55.1 Å². The van der Waals surface area contributed by atoms with Crippen LogP contribution >= 0.6 is 11.8 Å². The summed E-state index contributed by atoms with van der Waals surface area (Å²) in [5, 5.41) is 1.12. The first-order valence-electron chi connectivity index (χ1n) is 7.86. The topological polar surface area (TPSA) is 45.0 Å². The Morgan fingerprint density at radius 2 is 2.09 bits per heavy atom. The first kappa shape index (κ1) is 16.6. The Morgan fingerprint density at radius 1 is 1.30 bits per heavy atom. The van der Waals surface area contributed by atoms with Crippen LogP contribution in [0.2, 0.25) is 0 Å². The van der Waals surface area contributed by atoms with E-state index >= 15 is 0 Å². The molecule has 2 heterocycles. The first-order valence-corrected chi connectivity index (χ1v) is 9.81. The van der Waals surface area contributed by atoms with Gasteiger partial charge in [-0.05, 0) is 31.0 Å². The van der Waals surface area contributed by atoms with Gasteiger partial charge in [-0.25, -0.2) is 4.21 Å². The highest BCUT2D eigenvalue weighted by molar-refractivity contribution is 8.16. The molecule has 6 heteroatoms. The van der Waals surface area contributed by atoms with Crippen LogP contribution in [0.4, 0.5) is 0 Å². The smallest absolute Gasteiger partial charge is 0.267 e. The Morgan fingerprint density at radius 3 is 2.78 bits per heavy atom. The maximum Gasteiger partial charge on any atom is 0.267 e. The minimum atomic E-state index is -1.47. The van der Waals surface area contributed by atoms with E-state index in [2.05, 4.69) is 58.0 Å². The van der Waals surface area contributed by atoms with Crippen LogP contribution < -0.4 is 0 Å². The molecule has 2 aliphatic heterocycles. The van der Waals surface area contributed by atoms with Crippen LogP contribution in [0, 0.1) is 0 Å². The number of rotatable bonds is 4. The van der Waals surface area contributed by atoms with Crippen LogP contribution in [0.3, 0.4) is 0 Å². The predicted octanol–water partition coefficient (Wildman–Crippen LogP) is 3.56. The molecule has 1 aromatic rings. The van der Waals surface area contributed by atoms with Crippen molar-refractivity contribution in [2.24, 2.45) is 8.80 Å². The average Bonchev–Trinajstić information content (AvgIpc) is 2.94. The predicted molar refractivity (Wildman–Crippen MR) is 100 cm³/mol. The van der Waals surface area contributed by atoms with Gasteiger partial charge in [0.25, 0.3) is 11.2 Å². The quantitative estimate of drug-likeness (QED) is 0.836. The Hall–Kier alpha value is -1.24. The summed E-state index contributed by atoms with van der Waals surface area (Å²) in [6, 6.07) is 10.4. The lowest BCUT2D eigenvalue weighted by Gasteiger charge is -2.23. The van der Waals surface area contributed by atoms with Gasteiger partial charge in [0.05, 0.1) is 0 Å². The minimum Gasteiger partial charge on any atom is -0.302 e. The van der Waals surface area contributed by atoms with Crippen molar-refractivity contribution < 1.29 is 4.21 Å². The Kier molecular flexibility index (Phi) is 5.46. The lowest BCUT2D eigenvalue weighted by Crippen LogP contribution is -2.30. The molecule has 122 valence electrons. The molecular formula is C17H21N3OS2. The van der Waals surface area contributed by atoms with Gasteiger partial charge >= 0.3 is 0 Å². The van der Waals surface area contributed by atoms with Gasteiger partial charge in [0, 0.05) is 18.3 Å². The van der Waals surface area contributed by atoms with E-state index in [4.69, 9.17) is 0 Å². The number of likely N-dealkylation sites (N-methyl/N-ethyl adjacent to an activating group) is 1. The maximum absolute atomic E-state index is 11.9. The zero-order valence-corrected chi connectivity index (χ0v) is 15.1. The highest BCUT2D eigenvalue weighted by atomic mass is 32.2. The van der Waals surface area contributed by atoms with Crippen molar-refractivity contribution in [1.82, 2.24) is 4.90 Å². The van der Waals surface area contributed by atoms with E-state index in [1.165, 1.54) is 5.56 Å². The SMILES string of the molecule is CCC(SC1=NS(=O)N=C1C1=CCCN(C)C1)c1ccccc1. The summed E-state index contributed by atoms with van der Waals surface area (Å²) in [6.45, 7) is 4.07.